The fraction of sp³-hybridized carbons (Fsp3) is 0.438. The molecule has 9 nitrogen and oxygen atoms in total. The van der Waals surface area contributed by atoms with Crippen LogP contribution in [0.5, 0.6) is 0 Å². The fourth-order valence-corrected chi connectivity index (χ4v) is 5.44. The molecule has 1 atom stereocenters. The maximum Gasteiger partial charge on any atom is 0.416 e. The lowest BCUT2D eigenvalue weighted by Gasteiger charge is -2.31. The van der Waals surface area contributed by atoms with Crippen LogP contribution in [0.15, 0.2) is 66.0 Å². The van der Waals surface area contributed by atoms with Gasteiger partial charge in [-0.25, -0.2) is 4.72 Å². The molecule has 244 valence electrons. The van der Waals surface area contributed by atoms with Crippen molar-refractivity contribution in [3.05, 3.63) is 82.7 Å². The molecule has 0 aliphatic carbocycles. The van der Waals surface area contributed by atoms with E-state index in [4.69, 9.17) is 15.2 Å². The van der Waals surface area contributed by atoms with E-state index in [1.54, 1.807) is 39.8 Å². The summed E-state index contributed by atoms with van der Waals surface area (Å²) >= 11 is 0.629. The molecular formula is C32H40F3N5O4S. The molecule has 1 unspecified atom stereocenters. The summed E-state index contributed by atoms with van der Waals surface area (Å²) in [6.07, 6.45) is 0.392. The van der Waals surface area contributed by atoms with Crippen LogP contribution in [0.1, 0.15) is 70.6 Å². The maximum absolute atomic E-state index is 13.5. The molecular weight excluding hydrogens is 607 g/mol. The number of ether oxygens (including phenoxy) is 2. The Bertz CT molecular complexity index is 1480. The first-order valence-electron chi connectivity index (χ1n) is 14.6. The van der Waals surface area contributed by atoms with Gasteiger partial charge in [0.15, 0.2) is 0 Å². The highest BCUT2D eigenvalue weighted by atomic mass is 32.2. The Balaban J connectivity index is 1.49. The number of hydrogen-bond donors (Lipinski definition) is 4. The number of anilines is 2. The number of carbonyl (C=O) groups excluding carboxylic acids is 2. The summed E-state index contributed by atoms with van der Waals surface area (Å²) < 4.78 is 54.9. The first-order valence-corrected chi connectivity index (χ1v) is 15.5. The predicted molar refractivity (Wildman–Crippen MR) is 169 cm³/mol. The van der Waals surface area contributed by atoms with E-state index in [0.29, 0.717) is 29.9 Å². The molecule has 0 spiro atoms. The van der Waals surface area contributed by atoms with Gasteiger partial charge in [-0.2, -0.15) is 13.2 Å². The third-order valence-corrected chi connectivity index (χ3v) is 8.22. The molecule has 13 heteroatoms. The lowest BCUT2D eigenvalue weighted by Crippen LogP contribution is -2.43. The number of piperidine rings is 1. The molecule has 5 N–H and O–H groups in total. The molecule has 0 saturated carbocycles. The second kappa shape index (κ2) is 13.7. The molecule has 0 bridgehead atoms. The average Bonchev–Trinajstić information content (AvgIpc) is 3.36. The van der Waals surface area contributed by atoms with E-state index in [2.05, 4.69) is 15.4 Å². The molecule has 2 aliphatic rings. The zero-order valence-electron chi connectivity index (χ0n) is 26.1. The van der Waals surface area contributed by atoms with Gasteiger partial charge in [-0.1, -0.05) is 24.3 Å². The highest BCUT2D eigenvalue weighted by molar-refractivity contribution is 8.12. The number of nitrogens with one attached hydrogen (secondary N) is 3. The van der Waals surface area contributed by atoms with Crippen LogP contribution in [0.2, 0.25) is 0 Å². The number of para-hydroxylation sites is 1. The van der Waals surface area contributed by atoms with E-state index in [9.17, 15) is 22.8 Å². The van der Waals surface area contributed by atoms with E-state index < -0.39 is 33.9 Å². The van der Waals surface area contributed by atoms with Gasteiger partial charge in [-0.15, -0.1) is 0 Å². The number of carbonyl (C=O) groups is 2. The molecule has 2 aliphatic heterocycles. The summed E-state index contributed by atoms with van der Waals surface area (Å²) in [5.74, 6) is 0.960. The normalized spacial score (nSPS) is 18.4. The predicted octanol–water partition coefficient (Wildman–Crippen LogP) is 7.20. The van der Waals surface area contributed by atoms with Crippen molar-refractivity contribution in [2.24, 2.45) is 5.41 Å². The van der Waals surface area contributed by atoms with Crippen LogP contribution in [-0.4, -0.2) is 29.3 Å². The number of allylic oxidation sites excluding steroid dienone is 2. The molecule has 4 rings (SSSR count). The lowest BCUT2D eigenvalue weighted by atomic mass is 9.92. The summed E-state index contributed by atoms with van der Waals surface area (Å²) in [7, 11) is 0. The van der Waals surface area contributed by atoms with Crippen LogP contribution in [0.4, 0.5) is 29.3 Å². The highest BCUT2D eigenvalue weighted by Crippen LogP contribution is 2.35. The highest BCUT2D eigenvalue weighted by Gasteiger charge is 2.36. The number of rotatable bonds is 8. The van der Waals surface area contributed by atoms with Crippen LogP contribution in [-0.2, 0) is 32.5 Å². The van der Waals surface area contributed by atoms with Gasteiger partial charge in [0.05, 0.1) is 40.1 Å². The van der Waals surface area contributed by atoms with Crippen molar-refractivity contribution in [2.45, 2.75) is 72.1 Å². The van der Waals surface area contributed by atoms with Crippen molar-refractivity contribution >= 4 is 34.5 Å². The van der Waals surface area contributed by atoms with Crippen LogP contribution >= 0.6 is 11.9 Å². The van der Waals surface area contributed by atoms with Crippen LogP contribution in [0, 0.1) is 5.41 Å². The monoisotopic (exact) mass is 647 g/mol. The quantitative estimate of drug-likeness (QED) is 0.134. The number of nitrogens with zero attached hydrogens (tertiary/aromatic N) is 1. The largest absolute Gasteiger partial charge is 0.463 e. The number of amides is 1. The van der Waals surface area contributed by atoms with E-state index in [-0.39, 0.29) is 12.2 Å². The summed E-state index contributed by atoms with van der Waals surface area (Å²) in [5, 5.41) is 5.62. The molecule has 45 heavy (non-hydrogen) atoms. The first-order chi connectivity index (χ1) is 21.1. The van der Waals surface area contributed by atoms with Gasteiger partial charge in [0.1, 0.15) is 12.4 Å². The van der Waals surface area contributed by atoms with Gasteiger partial charge in [-0.05, 0) is 83.2 Å². The smallest absolute Gasteiger partial charge is 0.416 e. The van der Waals surface area contributed by atoms with Crippen LogP contribution in [0.25, 0.3) is 0 Å². The average molecular weight is 648 g/mol. The SMILES string of the molecule is CC1=CN(Cc2cccc(NC(=O)SNC(C)(COC(=O)C(C)(C)C)c3cccc(C(F)(F)F)c3)c2N)/C(=C2\CCCCN2)O1. The number of alkyl halides is 3. The van der Waals surface area contributed by atoms with E-state index >= 15 is 0 Å². The summed E-state index contributed by atoms with van der Waals surface area (Å²) in [6.45, 7) is 9.43. The van der Waals surface area contributed by atoms with E-state index in [0.717, 1.165) is 60.8 Å². The number of nitrogens with two attached hydrogens (primary N) is 1. The van der Waals surface area contributed by atoms with Crippen molar-refractivity contribution < 1.29 is 32.2 Å². The Hall–Kier alpha value is -3.84. The Morgan fingerprint density at radius 3 is 2.47 bits per heavy atom. The Morgan fingerprint density at radius 2 is 1.80 bits per heavy atom. The Labute approximate surface area is 265 Å². The minimum Gasteiger partial charge on any atom is -0.463 e. The van der Waals surface area contributed by atoms with Gasteiger partial charge in [0, 0.05) is 24.7 Å². The van der Waals surface area contributed by atoms with Crippen molar-refractivity contribution in [3.63, 3.8) is 0 Å². The standard InChI is InChI=1S/C32H40F3N5O4S/c1-20-17-40(27(44-20)25-13-6-7-15-37-25)18-21-10-8-14-24(26(21)36)38-29(42)45-39-31(5,19-43-28(41)30(2,3)4)22-11-9-12-23(16-22)32(33,34)35/h8-12,14,16-17,37,39H,6-7,13,15,18-19,36H2,1-5H3,(H,38,42)/b27-25-. The van der Waals surface area contributed by atoms with E-state index in [1.807, 2.05) is 24.1 Å². The Kier molecular flexibility index (Phi) is 10.3. The molecule has 0 aromatic heterocycles. The number of benzene rings is 2. The molecule has 1 amide bonds. The second-order valence-corrected chi connectivity index (χ2v) is 13.1. The number of esters is 1. The first kappa shape index (κ1) is 34.0. The van der Waals surface area contributed by atoms with Crippen molar-refractivity contribution in [1.29, 1.82) is 0 Å². The lowest BCUT2D eigenvalue weighted by molar-refractivity contribution is -0.155. The molecule has 2 aromatic carbocycles. The summed E-state index contributed by atoms with van der Waals surface area (Å²) in [4.78, 5) is 27.6. The molecule has 1 saturated heterocycles. The van der Waals surface area contributed by atoms with E-state index in [1.165, 1.54) is 12.1 Å². The summed E-state index contributed by atoms with van der Waals surface area (Å²) in [5.41, 5.74) is 6.18. The third kappa shape index (κ3) is 8.66. The van der Waals surface area contributed by atoms with Gasteiger partial charge >= 0.3 is 12.1 Å². The summed E-state index contributed by atoms with van der Waals surface area (Å²) in [6, 6.07) is 9.99. The minimum absolute atomic E-state index is 0.189. The van der Waals surface area contributed by atoms with Gasteiger partial charge in [0.2, 0.25) is 5.88 Å². The molecule has 1 fully saturated rings. The van der Waals surface area contributed by atoms with Gasteiger partial charge < -0.3 is 30.7 Å². The Morgan fingerprint density at radius 1 is 1.09 bits per heavy atom. The fourth-order valence-electron chi connectivity index (χ4n) is 4.78. The number of halogens is 3. The maximum atomic E-state index is 13.5. The van der Waals surface area contributed by atoms with Gasteiger partial charge in [-0.3, -0.25) is 9.59 Å². The number of nitrogen functional groups attached to an aromatic ring is 1. The molecule has 2 heterocycles. The van der Waals surface area contributed by atoms with Crippen molar-refractivity contribution in [1.82, 2.24) is 14.9 Å². The van der Waals surface area contributed by atoms with Gasteiger partial charge in [0.25, 0.3) is 5.24 Å². The third-order valence-electron chi connectivity index (χ3n) is 7.38. The second-order valence-electron chi connectivity index (χ2n) is 12.4. The van der Waals surface area contributed by atoms with Crippen molar-refractivity contribution in [2.75, 3.05) is 24.2 Å². The zero-order valence-corrected chi connectivity index (χ0v) is 26.9. The minimum atomic E-state index is -4.58. The molecule has 2 aromatic rings. The topological polar surface area (TPSA) is 118 Å². The van der Waals surface area contributed by atoms with Crippen LogP contribution < -0.4 is 21.1 Å². The molecule has 0 radical (unpaired) electrons. The number of hydrogen-bond acceptors (Lipinski definition) is 9. The zero-order chi connectivity index (χ0) is 33.0. The van der Waals surface area contributed by atoms with Crippen molar-refractivity contribution in [3.8, 4) is 0 Å². The van der Waals surface area contributed by atoms with Crippen LogP contribution in [0.3, 0.4) is 0 Å².